The van der Waals surface area contributed by atoms with Gasteiger partial charge in [-0.3, -0.25) is 10.0 Å². The number of carbonyl (C=O) groups is 1. The van der Waals surface area contributed by atoms with Crippen LogP contribution in [0.4, 0.5) is 5.69 Å². The van der Waals surface area contributed by atoms with Gasteiger partial charge in [0.2, 0.25) is 0 Å². The number of hydrogen-bond donors (Lipinski definition) is 2. The summed E-state index contributed by atoms with van der Waals surface area (Å²) in [6.07, 6.45) is 6.47. The van der Waals surface area contributed by atoms with Crippen LogP contribution in [-0.2, 0) is 0 Å². The number of amides is 1. The Morgan fingerprint density at radius 1 is 0.926 bits per heavy atom. The average molecular weight is 368 g/mol. The van der Waals surface area contributed by atoms with E-state index in [1.807, 2.05) is 18.2 Å². The Hall–Kier alpha value is -2.53. The quantitative estimate of drug-likeness (QED) is 0.502. The molecule has 1 aliphatic heterocycles. The van der Waals surface area contributed by atoms with Crippen molar-refractivity contribution in [2.45, 2.75) is 51.6 Å². The lowest BCUT2D eigenvalue weighted by Crippen LogP contribution is -2.48. The fraction of sp³-hybridized carbons (Fsp3) is 0.409. The lowest BCUT2D eigenvalue weighted by atomic mass is 10.0. The number of rotatable bonds is 8. The van der Waals surface area contributed by atoms with Crippen LogP contribution in [0.5, 0.6) is 5.75 Å². The normalized spacial score (nSPS) is 16.5. The summed E-state index contributed by atoms with van der Waals surface area (Å²) >= 11 is 0. The van der Waals surface area contributed by atoms with Gasteiger partial charge < -0.3 is 10.0 Å². The van der Waals surface area contributed by atoms with E-state index in [0.29, 0.717) is 5.56 Å². The van der Waals surface area contributed by atoms with Gasteiger partial charge in [0.05, 0.1) is 11.3 Å². The van der Waals surface area contributed by atoms with Crippen LogP contribution in [0.1, 0.15) is 67.5 Å². The number of fused-ring (bicyclic) bond motifs is 1. The topological polar surface area (TPSA) is 64.0 Å². The first-order valence-electron chi connectivity index (χ1n) is 9.80. The molecule has 0 radical (unpaired) electrons. The summed E-state index contributed by atoms with van der Waals surface area (Å²) in [5.74, 6) is -0.240. The molecule has 1 atom stereocenters. The second kappa shape index (κ2) is 8.91. The van der Waals surface area contributed by atoms with E-state index in [1.165, 1.54) is 25.7 Å². The summed E-state index contributed by atoms with van der Waals surface area (Å²) in [4.78, 5) is 14.7. The fourth-order valence-corrected chi connectivity index (χ4v) is 3.68. The zero-order chi connectivity index (χ0) is 19.2. The number of para-hydroxylation sites is 1. The van der Waals surface area contributed by atoms with Crippen molar-refractivity contribution in [2.24, 2.45) is 0 Å². The minimum absolute atomic E-state index is 0.160. The molecular weight excluding hydrogens is 340 g/mol. The minimum Gasteiger partial charge on any atom is -0.508 e. The number of aromatic hydroxyl groups is 1. The first-order valence-corrected chi connectivity index (χ1v) is 9.80. The summed E-state index contributed by atoms with van der Waals surface area (Å²) in [5.41, 5.74) is 2.13. The van der Waals surface area contributed by atoms with Crippen LogP contribution >= 0.6 is 0 Å². The van der Waals surface area contributed by atoms with Crippen molar-refractivity contribution in [3.63, 3.8) is 0 Å². The first kappa shape index (κ1) is 19.2. The van der Waals surface area contributed by atoms with Gasteiger partial charge in [-0.15, -0.1) is 0 Å². The predicted molar refractivity (Wildman–Crippen MR) is 106 cm³/mol. The zero-order valence-corrected chi connectivity index (χ0v) is 15.8. The molecule has 5 nitrogen and oxygen atoms in total. The Balaban J connectivity index is 1.84. The van der Waals surface area contributed by atoms with Gasteiger partial charge >= 0.3 is 0 Å². The lowest BCUT2D eigenvalue weighted by molar-refractivity contribution is -0.0937. The SMILES string of the molecule is CCCCCCCCN1c2ccccc2C(=O)N(O)C1c1ccc(O)cc1. The van der Waals surface area contributed by atoms with E-state index >= 15 is 0 Å². The van der Waals surface area contributed by atoms with E-state index in [0.717, 1.165) is 35.7 Å². The molecule has 2 aromatic rings. The van der Waals surface area contributed by atoms with E-state index in [2.05, 4.69) is 11.8 Å². The highest BCUT2D eigenvalue weighted by Crippen LogP contribution is 2.38. The van der Waals surface area contributed by atoms with Gasteiger partial charge in [-0.25, -0.2) is 0 Å². The highest BCUT2D eigenvalue weighted by Gasteiger charge is 2.37. The number of phenolic OH excluding ortho intramolecular Hbond substituents is 1. The maximum atomic E-state index is 12.7. The maximum absolute atomic E-state index is 12.7. The van der Waals surface area contributed by atoms with Crippen molar-refractivity contribution in [1.82, 2.24) is 5.06 Å². The van der Waals surface area contributed by atoms with Gasteiger partial charge in [0.25, 0.3) is 5.91 Å². The van der Waals surface area contributed by atoms with Crippen LogP contribution in [-0.4, -0.2) is 27.8 Å². The Labute approximate surface area is 160 Å². The van der Waals surface area contributed by atoms with Crippen molar-refractivity contribution in [3.8, 4) is 5.75 Å². The van der Waals surface area contributed by atoms with Crippen molar-refractivity contribution in [1.29, 1.82) is 0 Å². The molecule has 2 aromatic carbocycles. The smallest absolute Gasteiger partial charge is 0.281 e. The summed E-state index contributed by atoms with van der Waals surface area (Å²) in [7, 11) is 0. The van der Waals surface area contributed by atoms with Gasteiger partial charge in [-0.1, -0.05) is 63.3 Å². The van der Waals surface area contributed by atoms with Crippen LogP contribution < -0.4 is 4.90 Å². The van der Waals surface area contributed by atoms with Crippen LogP contribution in [0.2, 0.25) is 0 Å². The molecular formula is C22H28N2O3. The third kappa shape index (κ3) is 4.25. The number of nitrogens with zero attached hydrogens (tertiary/aromatic N) is 2. The Morgan fingerprint density at radius 3 is 2.33 bits per heavy atom. The lowest BCUT2D eigenvalue weighted by Gasteiger charge is -2.42. The molecule has 5 heteroatoms. The van der Waals surface area contributed by atoms with Crippen LogP contribution in [0.15, 0.2) is 48.5 Å². The van der Waals surface area contributed by atoms with E-state index in [9.17, 15) is 15.1 Å². The van der Waals surface area contributed by atoms with Gasteiger partial charge in [-0.05, 0) is 36.2 Å². The molecule has 144 valence electrons. The molecule has 1 heterocycles. The third-order valence-electron chi connectivity index (χ3n) is 5.12. The van der Waals surface area contributed by atoms with E-state index in [4.69, 9.17) is 0 Å². The number of carbonyl (C=O) groups excluding carboxylic acids is 1. The van der Waals surface area contributed by atoms with Crippen molar-refractivity contribution in [2.75, 3.05) is 11.4 Å². The molecule has 0 bridgehead atoms. The van der Waals surface area contributed by atoms with Crippen LogP contribution in [0.3, 0.4) is 0 Å². The number of hydrogen-bond acceptors (Lipinski definition) is 4. The molecule has 0 saturated heterocycles. The molecule has 1 aliphatic rings. The molecule has 27 heavy (non-hydrogen) atoms. The number of hydroxylamine groups is 2. The summed E-state index contributed by atoms with van der Waals surface area (Å²) in [5, 5.41) is 21.0. The molecule has 0 aliphatic carbocycles. The molecule has 1 unspecified atom stereocenters. The molecule has 0 fully saturated rings. The second-order valence-electron chi connectivity index (χ2n) is 7.09. The number of benzene rings is 2. The second-order valence-corrected chi connectivity index (χ2v) is 7.09. The Morgan fingerprint density at radius 2 is 1.59 bits per heavy atom. The molecule has 1 amide bonds. The van der Waals surface area contributed by atoms with E-state index in [-0.39, 0.29) is 5.75 Å². The largest absolute Gasteiger partial charge is 0.508 e. The van der Waals surface area contributed by atoms with Crippen molar-refractivity contribution >= 4 is 11.6 Å². The number of phenols is 1. The summed E-state index contributed by atoms with van der Waals surface area (Å²) in [6, 6.07) is 14.1. The molecule has 2 N–H and O–H groups in total. The highest BCUT2D eigenvalue weighted by molar-refractivity contribution is 6.01. The molecule has 0 aromatic heterocycles. The standard InChI is InChI=1S/C22H28N2O3/c1-2-3-4-5-6-9-16-23-20-11-8-7-10-19(20)22(26)24(27)21(23)17-12-14-18(25)15-13-17/h7-8,10-15,21,25,27H,2-6,9,16H2,1H3. The zero-order valence-electron chi connectivity index (χ0n) is 15.8. The number of unbranched alkanes of at least 4 members (excludes halogenated alkanes) is 5. The average Bonchev–Trinajstić information content (AvgIpc) is 2.69. The van der Waals surface area contributed by atoms with E-state index < -0.39 is 12.1 Å². The minimum atomic E-state index is -0.594. The Kier molecular flexibility index (Phi) is 6.35. The maximum Gasteiger partial charge on any atom is 0.281 e. The summed E-state index contributed by atoms with van der Waals surface area (Å²) < 4.78 is 0. The van der Waals surface area contributed by atoms with Crippen molar-refractivity contribution in [3.05, 3.63) is 59.7 Å². The first-order chi connectivity index (χ1) is 13.1. The summed E-state index contributed by atoms with van der Waals surface area (Å²) in [6.45, 7) is 2.96. The molecule has 3 rings (SSSR count). The van der Waals surface area contributed by atoms with Gasteiger partial charge in [0.15, 0.2) is 6.17 Å². The van der Waals surface area contributed by atoms with E-state index in [1.54, 1.807) is 30.3 Å². The van der Waals surface area contributed by atoms with Crippen LogP contribution in [0.25, 0.3) is 0 Å². The van der Waals surface area contributed by atoms with Gasteiger partial charge in [0, 0.05) is 6.54 Å². The predicted octanol–water partition coefficient (Wildman–Crippen LogP) is 5.10. The number of anilines is 1. The van der Waals surface area contributed by atoms with Gasteiger partial charge in [-0.2, -0.15) is 5.06 Å². The third-order valence-corrected chi connectivity index (χ3v) is 5.12. The monoisotopic (exact) mass is 368 g/mol. The van der Waals surface area contributed by atoms with Gasteiger partial charge in [0.1, 0.15) is 5.75 Å². The molecule has 0 spiro atoms. The van der Waals surface area contributed by atoms with Crippen molar-refractivity contribution < 1.29 is 15.1 Å². The fourth-order valence-electron chi connectivity index (χ4n) is 3.68. The highest BCUT2D eigenvalue weighted by atomic mass is 16.5. The molecule has 0 saturated carbocycles. The Bertz CT molecular complexity index is 760. The van der Waals surface area contributed by atoms with Crippen LogP contribution in [0, 0.1) is 0 Å².